The van der Waals surface area contributed by atoms with E-state index in [4.69, 9.17) is 9.84 Å². The van der Waals surface area contributed by atoms with Crippen LogP contribution in [0.15, 0.2) is 22.7 Å². The Morgan fingerprint density at radius 3 is 2.68 bits per heavy atom. The summed E-state index contributed by atoms with van der Waals surface area (Å²) in [5, 5.41) is 11.7. The van der Waals surface area contributed by atoms with Crippen LogP contribution in [0.2, 0.25) is 0 Å². The van der Waals surface area contributed by atoms with E-state index in [9.17, 15) is 9.59 Å². The maximum absolute atomic E-state index is 11.4. The van der Waals surface area contributed by atoms with Crippen LogP contribution >= 0.6 is 15.9 Å². The Hall–Kier alpha value is -1.56. The molecule has 1 rings (SSSR count). The van der Waals surface area contributed by atoms with E-state index in [-0.39, 0.29) is 30.5 Å². The fraction of sp³-hybridized carbons (Fsp3) is 0.385. The first-order valence-corrected chi connectivity index (χ1v) is 6.64. The summed E-state index contributed by atoms with van der Waals surface area (Å²) < 4.78 is 5.85. The van der Waals surface area contributed by atoms with Gasteiger partial charge in [0.15, 0.2) is 0 Å². The fourth-order valence-electron chi connectivity index (χ4n) is 1.41. The summed E-state index contributed by atoms with van der Waals surface area (Å²) in [7, 11) is 0. The lowest BCUT2D eigenvalue weighted by Gasteiger charge is -2.10. The van der Waals surface area contributed by atoms with Crippen molar-refractivity contribution in [1.29, 1.82) is 0 Å². The number of carbonyl (C=O) groups excluding carboxylic acids is 1. The number of carboxylic acid groups (broad SMARTS) is 1. The van der Waals surface area contributed by atoms with Crippen LogP contribution in [0.1, 0.15) is 30.6 Å². The monoisotopic (exact) mass is 329 g/mol. The minimum atomic E-state index is -1.03. The van der Waals surface area contributed by atoms with Crippen LogP contribution in [-0.4, -0.2) is 29.6 Å². The van der Waals surface area contributed by atoms with Gasteiger partial charge in [-0.15, -0.1) is 0 Å². The highest BCUT2D eigenvalue weighted by Gasteiger charge is 2.10. The zero-order valence-electron chi connectivity index (χ0n) is 10.8. The Morgan fingerprint density at radius 1 is 1.42 bits per heavy atom. The molecular formula is C13H16BrNO4. The highest BCUT2D eigenvalue weighted by atomic mass is 79.9. The molecule has 0 saturated carbocycles. The quantitative estimate of drug-likeness (QED) is 0.840. The molecule has 0 bridgehead atoms. The number of hydrogen-bond donors (Lipinski definition) is 2. The SMILES string of the molecule is CC(C)NC(=O)CCOc1ccc(Br)c(C(=O)O)c1. The number of carboxylic acids is 1. The minimum Gasteiger partial charge on any atom is -0.493 e. The van der Waals surface area contributed by atoms with Crippen LogP contribution in [0.25, 0.3) is 0 Å². The summed E-state index contributed by atoms with van der Waals surface area (Å²) in [5.41, 5.74) is 0.129. The zero-order valence-corrected chi connectivity index (χ0v) is 12.4. The highest BCUT2D eigenvalue weighted by molar-refractivity contribution is 9.10. The van der Waals surface area contributed by atoms with Gasteiger partial charge in [-0.05, 0) is 48.0 Å². The van der Waals surface area contributed by atoms with Gasteiger partial charge in [0, 0.05) is 10.5 Å². The Bertz CT molecular complexity index is 474. The number of benzene rings is 1. The molecular weight excluding hydrogens is 314 g/mol. The molecule has 0 aliphatic carbocycles. The van der Waals surface area contributed by atoms with Gasteiger partial charge in [-0.25, -0.2) is 4.79 Å². The first-order valence-electron chi connectivity index (χ1n) is 5.85. The van der Waals surface area contributed by atoms with Crippen molar-refractivity contribution in [2.75, 3.05) is 6.61 Å². The highest BCUT2D eigenvalue weighted by Crippen LogP contribution is 2.22. The van der Waals surface area contributed by atoms with Crippen molar-refractivity contribution in [3.63, 3.8) is 0 Å². The minimum absolute atomic E-state index is 0.0921. The zero-order chi connectivity index (χ0) is 14.4. The molecule has 6 heteroatoms. The molecule has 0 unspecified atom stereocenters. The molecule has 0 atom stereocenters. The van der Waals surface area contributed by atoms with Crippen LogP contribution in [0, 0.1) is 0 Å². The second kappa shape index (κ2) is 7.13. The van der Waals surface area contributed by atoms with Crippen molar-refractivity contribution >= 4 is 27.8 Å². The molecule has 2 N–H and O–H groups in total. The van der Waals surface area contributed by atoms with Crippen LogP contribution in [0.5, 0.6) is 5.75 Å². The number of hydrogen-bond acceptors (Lipinski definition) is 3. The maximum Gasteiger partial charge on any atom is 0.336 e. The number of aromatic carboxylic acids is 1. The van der Waals surface area contributed by atoms with E-state index in [2.05, 4.69) is 21.2 Å². The predicted molar refractivity (Wildman–Crippen MR) is 74.5 cm³/mol. The van der Waals surface area contributed by atoms with Crippen LogP contribution in [-0.2, 0) is 4.79 Å². The lowest BCUT2D eigenvalue weighted by Crippen LogP contribution is -2.31. The van der Waals surface area contributed by atoms with E-state index in [0.29, 0.717) is 10.2 Å². The summed E-state index contributed by atoms with van der Waals surface area (Å²) in [4.78, 5) is 22.3. The largest absolute Gasteiger partial charge is 0.493 e. The van der Waals surface area contributed by atoms with E-state index in [1.165, 1.54) is 6.07 Å². The van der Waals surface area contributed by atoms with Crippen LogP contribution in [0.4, 0.5) is 0 Å². The molecule has 0 aliphatic rings. The van der Waals surface area contributed by atoms with Crippen molar-refractivity contribution in [2.45, 2.75) is 26.3 Å². The summed E-state index contributed by atoms with van der Waals surface area (Å²) in [6.07, 6.45) is 0.233. The van der Waals surface area contributed by atoms with Gasteiger partial charge in [0.05, 0.1) is 18.6 Å². The first kappa shape index (κ1) is 15.5. The summed E-state index contributed by atoms with van der Waals surface area (Å²) in [6.45, 7) is 3.97. The Kier molecular flexibility index (Phi) is 5.82. The summed E-state index contributed by atoms with van der Waals surface area (Å²) in [6, 6.07) is 4.77. The third kappa shape index (κ3) is 5.30. The Labute approximate surface area is 120 Å². The van der Waals surface area contributed by atoms with E-state index in [0.717, 1.165) is 0 Å². The standard InChI is InChI=1S/C13H16BrNO4/c1-8(2)15-12(16)5-6-19-9-3-4-11(14)10(7-9)13(17)18/h3-4,7-8H,5-6H2,1-2H3,(H,15,16)(H,17,18). The lowest BCUT2D eigenvalue weighted by atomic mass is 10.2. The molecule has 0 aliphatic heterocycles. The number of carbonyl (C=O) groups is 2. The molecule has 19 heavy (non-hydrogen) atoms. The number of halogens is 1. The molecule has 0 heterocycles. The molecule has 0 fully saturated rings. The molecule has 0 spiro atoms. The van der Waals surface area contributed by atoms with E-state index in [1.807, 2.05) is 13.8 Å². The van der Waals surface area contributed by atoms with E-state index < -0.39 is 5.97 Å². The first-order chi connectivity index (χ1) is 8.90. The van der Waals surface area contributed by atoms with Crippen molar-refractivity contribution in [3.05, 3.63) is 28.2 Å². The molecule has 1 amide bonds. The van der Waals surface area contributed by atoms with Crippen LogP contribution < -0.4 is 10.1 Å². The second-order valence-corrected chi connectivity index (χ2v) is 5.12. The maximum atomic E-state index is 11.4. The molecule has 1 aromatic rings. The number of amides is 1. The van der Waals surface area contributed by atoms with Crippen LogP contribution in [0.3, 0.4) is 0 Å². The third-order valence-electron chi connectivity index (χ3n) is 2.22. The van der Waals surface area contributed by atoms with Gasteiger partial charge in [0.25, 0.3) is 0 Å². The number of rotatable bonds is 6. The predicted octanol–water partition coefficient (Wildman–Crippen LogP) is 2.44. The smallest absolute Gasteiger partial charge is 0.336 e. The molecule has 0 aromatic heterocycles. The number of nitrogens with one attached hydrogen (secondary N) is 1. The van der Waals surface area contributed by atoms with Gasteiger partial charge in [0.2, 0.25) is 5.91 Å². The third-order valence-corrected chi connectivity index (χ3v) is 2.91. The fourth-order valence-corrected chi connectivity index (χ4v) is 1.83. The Balaban J connectivity index is 2.52. The molecule has 1 aromatic carbocycles. The lowest BCUT2D eigenvalue weighted by molar-refractivity contribution is -0.122. The molecule has 104 valence electrons. The summed E-state index contributed by atoms with van der Waals surface area (Å²) in [5.74, 6) is -0.696. The normalized spacial score (nSPS) is 10.3. The second-order valence-electron chi connectivity index (χ2n) is 4.27. The average Bonchev–Trinajstić information content (AvgIpc) is 2.30. The number of ether oxygens (including phenoxy) is 1. The van der Waals surface area contributed by atoms with Gasteiger partial charge in [-0.3, -0.25) is 4.79 Å². The van der Waals surface area contributed by atoms with Gasteiger partial charge in [-0.2, -0.15) is 0 Å². The van der Waals surface area contributed by atoms with Crippen molar-refractivity contribution in [2.24, 2.45) is 0 Å². The van der Waals surface area contributed by atoms with E-state index >= 15 is 0 Å². The van der Waals surface area contributed by atoms with Gasteiger partial charge >= 0.3 is 5.97 Å². The molecule has 0 saturated heterocycles. The average molecular weight is 330 g/mol. The van der Waals surface area contributed by atoms with E-state index in [1.54, 1.807) is 12.1 Å². The van der Waals surface area contributed by atoms with Crippen molar-refractivity contribution < 1.29 is 19.4 Å². The van der Waals surface area contributed by atoms with Gasteiger partial charge in [-0.1, -0.05) is 0 Å². The Morgan fingerprint density at radius 2 is 2.11 bits per heavy atom. The molecule has 0 radical (unpaired) electrons. The van der Waals surface area contributed by atoms with Gasteiger partial charge < -0.3 is 15.2 Å². The summed E-state index contributed by atoms with van der Waals surface area (Å²) >= 11 is 3.15. The van der Waals surface area contributed by atoms with Crippen molar-refractivity contribution in [1.82, 2.24) is 5.32 Å². The topological polar surface area (TPSA) is 75.6 Å². The molecule has 5 nitrogen and oxygen atoms in total. The van der Waals surface area contributed by atoms with Crippen molar-refractivity contribution in [3.8, 4) is 5.75 Å². The van der Waals surface area contributed by atoms with Gasteiger partial charge in [0.1, 0.15) is 5.75 Å².